The van der Waals surface area contributed by atoms with Crippen molar-refractivity contribution >= 4 is 11.8 Å². The number of ether oxygens (including phenoxy) is 2. The fraction of sp³-hybridized carbons (Fsp3) is 0.208. The first-order valence-corrected chi connectivity index (χ1v) is 10.1. The topological polar surface area (TPSA) is 80.8 Å². The molecule has 0 aliphatic carbocycles. The number of piperazine rings is 1. The molecule has 3 aromatic rings. The Balaban J connectivity index is 1.51. The number of nitrogens with one attached hydrogen (secondary N) is 1. The lowest BCUT2D eigenvalue weighted by atomic mass is 10.2. The van der Waals surface area contributed by atoms with Crippen LogP contribution >= 0.6 is 0 Å². The number of benzene rings is 2. The van der Waals surface area contributed by atoms with E-state index in [4.69, 9.17) is 9.47 Å². The van der Waals surface area contributed by atoms with Crippen molar-refractivity contribution in [3.63, 3.8) is 0 Å². The number of hydrogen-bond acceptors (Lipinski definition) is 5. The molecule has 1 aliphatic rings. The van der Waals surface area contributed by atoms with E-state index in [1.807, 2.05) is 60.7 Å². The van der Waals surface area contributed by atoms with Crippen molar-refractivity contribution < 1.29 is 19.1 Å². The van der Waals surface area contributed by atoms with Crippen LogP contribution in [0.5, 0.6) is 11.5 Å². The van der Waals surface area contributed by atoms with Crippen molar-refractivity contribution in [3.8, 4) is 11.5 Å². The summed E-state index contributed by atoms with van der Waals surface area (Å²) < 4.78 is 12.0. The Morgan fingerprint density at radius 3 is 2.13 bits per heavy atom. The summed E-state index contributed by atoms with van der Waals surface area (Å²) in [4.78, 5) is 29.6. The number of carbonyl (C=O) groups excluding carboxylic acids is 2. The standard InChI is InChI=1S/C24H23N3O4/c28-23-24(29)27(12-11-25-23)15-20-13-21(30-16-18-7-3-1-4-8-18)22(14-26-20)31-17-19-9-5-2-6-10-19/h1-10,13-14H,11-12,15-17H2,(H,25,28). The quantitative estimate of drug-likeness (QED) is 0.570. The number of amides is 2. The van der Waals surface area contributed by atoms with Crippen molar-refractivity contribution in [1.82, 2.24) is 15.2 Å². The lowest BCUT2D eigenvalue weighted by Gasteiger charge is -2.26. The van der Waals surface area contributed by atoms with Gasteiger partial charge in [-0.05, 0) is 11.1 Å². The highest BCUT2D eigenvalue weighted by atomic mass is 16.5. The van der Waals surface area contributed by atoms with E-state index in [-0.39, 0.29) is 6.54 Å². The Morgan fingerprint density at radius 1 is 0.871 bits per heavy atom. The highest BCUT2D eigenvalue weighted by Gasteiger charge is 2.26. The highest BCUT2D eigenvalue weighted by Crippen LogP contribution is 2.29. The zero-order chi connectivity index (χ0) is 21.5. The minimum Gasteiger partial charge on any atom is -0.485 e. The Hall–Kier alpha value is -3.87. The molecule has 0 spiro atoms. The predicted octanol–water partition coefficient (Wildman–Crippen LogP) is 2.70. The molecule has 1 aromatic heterocycles. The van der Waals surface area contributed by atoms with Gasteiger partial charge in [-0.2, -0.15) is 0 Å². The number of hydrogen-bond donors (Lipinski definition) is 1. The van der Waals surface area contributed by atoms with E-state index in [1.54, 1.807) is 12.3 Å². The number of pyridine rings is 1. The minimum absolute atomic E-state index is 0.229. The van der Waals surface area contributed by atoms with Gasteiger partial charge in [0.1, 0.15) is 13.2 Å². The second-order valence-corrected chi connectivity index (χ2v) is 7.15. The Bertz CT molecular complexity index is 1040. The third-order valence-electron chi connectivity index (χ3n) is 4.86. The molecule has 0 bridgehead atoms. The molecule has 0 unspecified atom stereocenters. The SMILES string of the molecule is O=C1NCCN(Cc2cc(OCc3ccccc3)c(OCc3ccccc3)cn2)C1=O. The molecule has 1 saturated heterocycles. The molecule has 1 fully saturated rings. The van der Waals surface area contributed by atoms with Crippen molar-refractivity contribution in [3.05, 3.63) is 89.7 Å². The van der Waals surface area contributed by atoms with Gasteiger partial charge in [-0.25, -0.2) is 0 Å². The van der Waals surface area contributed by atoms with Crippen LogP contribution in [0.25, 0.3) is 0 Å². The molecule has 0 atom stereocenters. The van der Waals surface area contributed by atoms with Crippen LogP contribution in [0.4, 0.5) is 0 Å². The summed E-state index contributed by atoms with van der Waals surface area (Å²) >= 11 is 0. The average Bonchev–Trinajstić information content (AvgIpc) is 2.81. The molecule has 4 rings (SSSR count). The Morgan fingerprint density at radius 2 is 1.48 bits per heavy atom. The van der Waals surface area contributed by atoms with E-state index in [1.165, 1.54) is 4.90 Å². The maximum Gasteiger partial charge on any atom is 0.312 e. The van der Waals surface area contributed by atoms with E-state index >= 15 is 0 Å². The van der Waals surface area contributed by atoms with E-state index in [9.17, 15) is 9.59 Å². The van der Waals surface area contributed by atoms with E-state index in [0.29, 0.717) is 43.5 Å². The molecule has 1 aliphatic heterocycles. The van der Waals surface area contributed by atoms with E-state index in [0.717, 1.165) is 11.1 Å². The molecule has 7 heteroatoms. The fourth-order valence-electron chi connectivity index (χ4n) is 3.21. The van der Waals surface area contributed by atoms with Crippen LogP contribution in [-0.4, -0.2) is 34.8 Å². The van der Waals surface area contributed by atoms with Gasteiger partial charge in [-0.15, -0.1) is 0 Å². The molecule has 2 aromatic carbocycles. The summed E-state index contributed by atoms with van der Waals surface area (Å²) in [6.45, 7) is 1.86. The van der Waals surface area contributed by atoms with Gasteiger partial charge in [-0.1, -0.05) is 60.7 Å². The summed E-state index contributed by atoms with van der Waals surface area (Å²) in [5.74, 6) is -0.0798. The smallest absolute Gasteiger partial charge is 0.312 e. The first kappa shape index (κ1) is 20.4. The summed E-state index contributed by atoms with van der Waals surface area (Å²) in [6.07, 6.45) is 1.60. The molecule has 1 N–H and O–H groups in total. The maximum absolute atomic E-state index is 12.1. The molecule has 31 heavy (non-hydrogen) atoms. The van der Waals surface area contributed by atoms with E-state index in [2.05, 4.69) is 10.3 Å². The van der Waals surface area contributed by atoms with Gasteiger partial charge in [0.15, 0.2) is 11.5 Å². The Labute approximate surface area is 180 Å². The second-order valence-electron chi connectivity index (χ2n) is 7.15. The highest BCUT2D eigenvalue weighted by molar-refractivity contribution is 6.35. The van der Waals surface area contributed by atoms with Gasteiger partial charge in [0.05, 0.1) is 18.4 Å². The summed E-state index contributed by atoms with van der Waals surface area (Å²) in [7, 11) is 0. The van der Waals surface area contributed by atoms with Crippen LogP contribution in [-0.2, 0) is 29.3 Å². The van der Waals surface area contributed by atoms with Gasteiger partial charge in [0.2, 0.25) is 0 Å². The third kappa shape index (κ3) is 5.39. The summed E-state index contributed by atoms with van der Waals surface area (Å²) in [5, 5.41) is 2.54. The summed E-state index contributed by atoms with van der Waals surface area (Å²) in [5.41, 5.74) is 2.68. The molecular formula is C24H23N3O4. The van der Waals surface area contributed by atoms with Gasteiger partial charge in [-0.3, -0.25) is 14.6 Å². The second kappa shape index (κ2) is 9.75. The van der Waals surface area contributed by atoms with Crippen molar-refractivity contribution in [2.24, 2.45) is 0 Å². The number of carbonyl (C=O) groups is 2. The van der Waals surface area contributed by atoms with E-state index < -0.39 is 11.8 Å². The van der Waals surface area contributed by atoms with Crippen LogP contribution < -0.4 is 14.8 Å². The third-order valence-corrected chi connectivity index (χ3v) is 4.86. The lowest BCUT2D eigenvalue weighted by molar-refractivity contribution is -0.148. The largest absolute Gasteiger partial charge is 0.485 e. The Kier molecular flexibility index (Phi) is 6.42. The van der Waals surface area contributed by atoms with Crippen LogP contribution in [0.2, 0.25) is 0 Å². The molecular weight excluding hydrogens is 394 g/mol. The van der Waals surface area contributed by atoms with Gasteiger partial charge < -0.3 is 19.7 Å². The number of aromatic nitrogens is 1. The minimum atomic E-state index is -0.588. The molecule has 158 valence electrons. The van der Waals surface area contributed by atoms with Crippen molar-refractivity contribution in [1.29, 1.82) is 0 Å². The zero-order valence-corrected chi connectivity index (χ0v) is 17.0. The normalized spacial score (nSPS) is 13.6. The number of rotatable bonds is 8. The molecule has 2 amide bonds. The van der Waals surface area contributed by atoms with Crippen LogP contribution in [0.3, 0.4) is 0 Å². The maximum atomic E-state index is 12.1. The molecule has 7 nitrogen and oxygen atoms in total. The summed E-state index contributed by atoms with van der Waals surface area (Å²) in [6, 6.07) is 21.4. The van der Waals surface area contributed by atoms with Crippen molar-refractivity contribution in [2.75, 3.05) is 13.1 Å². The average molecular weight is 417 g/mol. The fourth-order valence-corrected chi connectivity index (χ4v) is 3.21. The first-order chi connectivity index (χ1) is 15.2. The lowest BCUT2D eigenvalue weighted by Crippen LogP contribution is -2.51. The molecule has 0 saturated carbocycles. The first-order valence-electron chi connectivity index (χ1n) is 10.1. The van der Waals surface area contributed by atoms with Crippen LogP contribution in [0.15, 0.2) is 72.9 Å². The zero-order valence-electron chi connectivity index (χ0n) is 17.0. The predicted molar refractivity (Wildman–Crippen MR) is 114 cm³/mol. The van der Waals surface area contributed by atoms with Crippen LogP contribution in [0, 0.1) is 0 Å². The van der Waals surface area contributed by atoms with Gasteiger partial charge in [0, 0.05) is 19.2 Å². The number of nitrogens with zero attached hydrogens (tertiary/aromatic N) is 2. The van der Waals surface area contributed by atoms with Gasteiger partial charge in [0.25, 0.3) is 0 Å². The van der Waals surface area contributed by atoms with Crippen molar-refractivity contribution in [2.45, 2.75) is 19.8 Å². The van der Waals surface area contributed by atoms with Gasteiger partial charge >= 0.3 is 11.8 Å². The molecule has 2 heterocycles. The molecule has 0 radical (unpaired) electrons. The van der Waals surface area contributed by atoms with Crippen LogP contribution in [0.1, 0.15) is 16.8 Å². The monoisotopic (exact) mass is 417 g/mol.